The summed E-state index contributed by atoms with van der Waals surface area (Å²) in [6, 6.07) is 0.428. The van der Waals surface area contributed by atoms with Gasteiger partial charge < -0.3 is 4.74 Å². The minimum Gasteiger partial charge on any atom is -0.476 e. The summed E-state index contributed by atoms with van der Waals surface area (Å²) in [4.78, 5) is 3.03. The van der Waals surface area contributed by atoms with Crippen molar-refractivity contribution >= 4 is 0 Å². The molecule has 0 saturated carbocycles. The van der Waals surface area contributed by atoms with Gasteiger partial charge in [-0.1, -0.05) is 19.8 Å². The van der Waals surface area contributed by atoms with Crippen LogP contribution in [0.4, 0.5) is 13.2 Å². The van der Waals surface area contributed by atoms with E-state index in [4.69, 9.17) is 4.74 Å². The molecule has 0 spiro atoms. The van der Waals surface area contributed by atoms with Gasteiger partial charge in [0.1, 0.15) is 0 Å². The molecule has 5 heteroatoms. The van der Waals surface area contributed by atoms with Crippen molar-refractivity contribution in [3.05, 3.63) is 23.6 Å². The first kappa shape index (κ1) is 11.8. The van der Waals surface area contributed by atoms with Crippen molar-refractivity contribution < 1.29 is 17.9 Å². The fraction of sp³-hybridized carbons (Fsp3) is 0.500. The van der Waals surface area contributed by atoms with Crippen molar-refractivity contribution in [2.45, 2.75) is 26.2 Å². The molecule has 0 radical (unpaired) electrons. The molecule has 0 N–H and O–H groups in total. The van der Waals surface area contributed by atoms with E-state index >= 15 is 0 Å². The van der Waals surface area contributed by atoms with Gasteiger partial charge in [-0.3, -0.25) is 0 Å². The number of rotatable bonds is 5. The first-order valence-corrected chi connectivity index (χ1v) is 4.79. The van der Waals surface area contributed by atoms with Crippen molar-refractivity contribution in [2.75, 3.05) is 6.61 Å². The van der Waals surface area contributed by atoms with Crippen molar-refractivity contribution in [2.24, 2.45) is 0 Å². The van der Waals surface area contributed by atoms with Crippen LogP contribution in [-0.2, 0) is 0 Å². The van der Waals surface area contributed by atoms with Crippen molar-refractivity contribution in [3.8, 4) is 5.88 Å². The van der Waals surface area contributed by atoms with E-state index in [1.54, 1.807) is 0 Å². The van der Waals surface area contributed by atoms with Gasteiger partial charge in [0, 0.05) is 6.07 Å². The van der Waals surface area contributed by atoms with Crippen LogP contribution in [0.5, 0.6) is 5.88 Å². The van der Waals surface area contributed by atoms with Gasteiger partial charge in [-0.05, 0) is 6.42 Å². The van der Waals surface area contributed by atoms with Crippen molar-refractivity contribution in [1.29, 1.82) is 0 Å². The molecule has 0 aromatic carbocycles. The summed E-state index contributed by atoms with van der Waals surface area (Å²) in [6.07, 6.45) is 2.67. The first-order chi connectivity index (χ1) is 7.15. The Bertz CT molecular complexity index is 331. The lowest BCUT2D eigenvalue weighted by Gasteiger charge is -2.05. The SMILES string of the molecule is CCCCCOc1nc(F)c(F)cc1F. The van der Waals surface area contributed by atoms with Gasteiger partial charge >= 0.3 is 0 Å². The Kier molecular flexibility index (Phi) is 4.39. The average Bonchev–Trinajstić information content (AvgIpc) is 2.20. The molecule has 15 heavy (non-hydrogen) atoms. The van der Waals surface area contributed by atoms with Crippen LogP contribution in [0.3, 0.4) is 0 Å². The molecular formula is C10H12F3NO. The molecule has 1 aromatic rings. The summed E-state index contributed by atoms with van der Waals surface area (Å²) in [5.74, 6) is -4.12. The maximum absolute atomic E-state index is 12.9. The molecule has 2 nitrogen and oxygen atoms in total. The van der Waals surface area contributed by atoms with Crippen LogP contribution in [0.1, 0.15) is 26.2 Å². The standard InChI is InChI=1S/C10H12F3NO/c1-2-3-4-5-15-10-8(12)6-7(11)9(13)14-10/h6H,2-5H2,1H3. The molecule has 0 atom stereocenters. The monoisotopic (exact) mass is 219 g/mol. The highest BCUT2D eigenvalue weighted by atomic mass is 19.2. The quantitative estimate of drug-likeness (QED) is 0.560. The first-order valence-electron chi connectivity index (χ1n) is 4.79. The number of hydrogen-bond donors (Lipinski definition) is 0. The average molecular weight is 219 g/mol. The minimum atomic E-state index is -1.35. The fourth-order valence-electron chi connectivity index (χ4n) is 1.05. The summed E-state index contributed by atoms with van der Waals surface area (Å²) in [6.45, 7) is 2.26. The number of pyridine rings is 1. The molecule has 1 rings (SSSR count). The van der Waals surface area contributed by atoms with Crippen molar-refractivity contribution in [1.82, 2.24) is 4.98 Å². The van der Waals surface area contributed by atoms with Crippen LogP contribution in [-0.4, -0.2) is 11.6 Å². The number of hydrogen-bond acceptors (Lipinski definition) is 2. The Labute approximate surface area is 86.1 Å². The molecule has 1 heterocycles. The number of nitrogens with zero attached hydrogens (tertiary/aromatic N) is 1. The Morgan fingerprint density at radius 2 is 1.93 bits per heavy atom. The molecule has 1 aromatic heterocycles. The molecule has 0 amide bonds. The highest BCUT2D eigenvalue weighted by molar-refractivity contribution is 5.14. The number of ether oxygens (including phenoxy) is 1. The third-order valence-electron chi connectivity index (χ3n) is 1.84. The highest BCUT2D eigenvalue weighted by Crippen LogP contribution is 2.16. The maximum Gasteiger partial charge on any atom is 0.253 e. The van der Waals surface area contributed by atoms with Crippen LogP contribution in [0.15, 0.2) is 6.07 Å². The van der Waals surface area contributed by atoms with Crippen LogP contribution in [0.25, 0.3) is 0 Å². The van der Waals surface area contributed by atoms with Gasteiger partial charge in [-0.15, -0.1) is 0 Å². The van der Waals surface area contributed by atoms with Gasteiger partial charge in [0.2, 0.25) is 0 Å². The van der Waals surface area contributed by atoms with E-state index in [-0.39, 0.29) is 6.61 Å². The molecule has 0 fully saturated rings. The summed E-state index contributed by atoms with van der Waals surface area (Å²) in [5, 5.41) is 0. The second-order valence-corrected chi connectivity index (χ2v) is 3.10. The Morgan fingerprint density at radius 3 is 2.60 bits per heavy atom. The molecule has 0 bridgehead atoms. The van der Waals surface area contributed by atoms with E-state index in [1.807, 2.05) is 6.92 Å². The van der Waals surface area contributed by atoms with Crippen molar-refractivity contribution in [3.63, 3.8) is 0 Å². The van der Waals surface area contributed by atoms with E-state index in [0.717, 1.165) is 19.3 Å². The highest BCUT2D eigenvalue weighted by Gasteiger charge is 2.12. The summed E-state index contributed by atoms with van der Waals surface area (Å²) < 4.78 is 42.9. The van der Waals surface area contributed by atoms with Crippen LogP contribution < -0.4 is 4.74 Å². The summed E-state index contributed by atoms with van der Waals surface area (Å²) in [7, 11) is 0. The summed E-state index contributed by atoms with van der Waals surface area (Å²) in [5.41, 5.74) is 0. The van der Waals surface area contributed by atoms with Gasteiger partial charge in [-0.2, -0.15) is 9.37 Å². The lowest BCUT2D eigenvalue weighted by atomic mass is 10.3. The fourth-order valence-corrected chi connectivity index (χ4v) is 1.05. The van der Waals surface area contributed by atoms with Crippen LogP contribution in [0.2, 0.25) is 0 Å². The Hall–Kier alpha value is -1.26. The lowest BCUT2D eigenvalue weighted by Crippen LogP contribution is -2.03. The third kappa shape index (κ3) is 3.42. The lowest BCUT2D eigenvalue weighted by molar-refractivity contribution is 0.271. The Morgan fingerprint density at radius 1 is 1.20 bits per heavy atom. The minimum absolute atomic E-state index is 0.253. The third-order valence-corrected chi connectivity index (χ3v) is 1.84. The number of unbranched alkanes of at least 4 members (excludes halogenated alkanes) is 2. The number of aromatic nitrogens is 1. The van der Waals surface area contributed by atoms with Gasteiger partial charge in [0.05, 0.1) is 6.61 Å². The van der Waals surface area contributed by atoms with Crippen LogP contribution >= 0.6 is 0 Å². The summed E-state index contributed by atoms with van der Waals surface area (Å²) >= 11 is 0. The Balaban J connectivity index is 2.57. The second-order valence-electron chi connectivity index (χ2n) is 3.10. The van der Waals surface area contributed by atoms with Gasteiger partial charge in [0.15, 0.2) is 11.6 Å². The molecule has 84 valence electrons. The van der Waals surface area contributed by atoms with E-state index in [9.17, 15) is 13.2 Å². The second kappa shape index (κ2) is 5.58. The largest absolute Gasteiger partial charge is 0.476 e. The number of halogens is 3. The van der Waals surface area contributed by atoms with Gasteiger partial charge in [0.25, 0.3) is 11.8 Å². The zero-order valence-corrected chi connectivity index (χ0v) is 8.40. The van der Waals surface area contributed by atoms with E-state index in [0.29, 0.717) is 6.07 Å². The van der Waals surface area contributed by atoms with E-state index in [1.165, 1.54) is 0 Å². The molecule has 0 aliphatic carbocycles. The predicted octanol–water partition coefficient (Wildman–Crippen LogP) is 3.07. The zero-order valence-electron chi connectivity index (χ0n) is 8.40. The predicted molar refractivity (Wildman–Crippen MR) is 49.1 cm³/mol. The molecule has 0 aliphatic heterocycles. The molecule has 0 aliphatic rings. The smallest absolute Gasteiger partial charge is 0.253 e. The zero-order chi connectivity index (χ0) is 11.3. The topological polar surface area (TPSA) is 22.1 Å². The molecular weight excluding hydrogens is 207 g/mol. The normalized spacial score (nSPS) is 10.4. The molecule has 0 saturated heterocycles. The maximum atomic E-state index is 12.9. The van der Waals surface area contributed by atoms with Gasteiger partial charge in [-0.25, -0.2) is 8.78 Å². The van der Waals surface area contributed by atoms with E-state index in [2.05, 4.69) is 4.98 Å². The van der Waals surface area contributed by atoms with E-state index < -0.39 is 23.5 Å². The molecule has 0 unspecified atom stereocenters. The van der Waals surface area contributed by atoms with Crippen LogP contribution in [0, 0.1) is 17.6 Å².